The molecule has 0 saturated carbocycles. The van der Waals surface area contributed by atoms with E-state index in [1.54, 1.807) is 6.20 Å². The highest BCUT2D eigenvalue weighted by Gasteiger charge is 2.36. The average molecular weight is 588 g/mol. The number of hydrogen-bond donors (Lipinski definition) is 0. The van der Waals surface area contributed by atoms with Crippen molar-refractivity contribution in [2.75, 3.05) is 4.90 Å². The number of fused-ring (bicyclic) bond motifs is 2. The standard InChI is InChI=1S/C39H30N3OP/c1-39(2)34-17-9-11-19-37(34)42(38-20-12-10-18-35(38)39)30-24-28(27-40)23-29(25-30)36-26-33(21-22-41-36)44(43,31-13-5-3-6-14-31)32-15-7-4-8-16-32/h3-26H,1-2H3. The van der Waals surface area contributed by atoms with Crippen molar-refractivity contribution in [3.05, 3.63) is 162 Å². The van der Waals surface area contributed by atoms with Crippen molar-refractivity contribution in [1.29, 1.82) is 5.26 Å². The predicted octanol–water partition coefficient (Wildman–Crippen LogP) is 8.37. The van der Waals surface area contributed by atoms with Gasteiger partial charge in [-0.15, -0.1) is 0 Å². The molecular formula is C39H30N3OP. The summed E-state index contributed by atoms with van der Waals surface area (Å²) in [6, 6.07) is 48.2. The molecule has 5 heteroatoms. The highest BCUT2D eigenvalue weighted by Crippen LogP contribution is 2.52. The third-order valence-corrected chi connectivity index (χ3v) is 11.6. The Hall–Kier alpha value is -5.23. The number of pyridine rings is 1. The maximum Gasteiger partial charge on any atom is 0.171 e. The van der Waals surface area contributed by atoms with Crippen LogP contribution in [0.2, 0.25) is 0 Å². The molecule has 0 fully saturated rings. The van der Waals surface area contributed by atoms with Crippen LogP contribution in [0.5, 0.6) is 0 Å². The molecule has 6 aromatic rings. The predicted molar refractivity (Wildman–Crippen MR) is 181 cm³/mol. The summed E-state index contributed by atoms with van der Waals surface area (Å²) in [6.45, 7) is 4.51. The first-order chi connectivity index (χ1) is 21.4. The fourth-order valence-corrected chi connectivity index (χ4v) is 9.06. The van der Waals surface area contributed by atoms with E-state index in [4.69, 9.17) is 4.98 Å². The monoisotopic (exact) mass is 587 g/mol. The zero-order chi connectivity index (χ0) is 30.3. The van der Waals surface area contributed by atoms with Crippen LogP contribution >= 0.6 is 7.14 Å². The van der Waals surface area contributed by atoms with Gasteiger partial charge in [0.1, 0.15) is 0 Å². The zero-order valence-corrected chi connectivity index (χ0v) is 25.4. The molecule has 0 bridgehead atoms. The summed E-state index contributed by atoms with van der Waals surface area (Å²) in [4.78, 5) is 6.97. The Bertz CT molecular complexity index is 2010. The Morgan fingerprint density at radius 3 is 1.77 bits per heavy atom. The van der Waals surface area contributed by atoms with E-state index in [1.165, 1.54) is 11.1 Å². The molecule has 0 radical (unpaired) electrons. The van der Waals surface area contributed by atoms with Crippen molar-refractivity contribution in [2.24, 2.45) is 0 Å². The average Bonchev–Trinajstić information content (AvgIpc) is 3.09. The molecule has 1 aliphatic rings. The first kappa shape index (κ1) is 27.6. The van der Waals surface area contributed by atoms with Gasteiger partial charge < -0.3 is 9.46 Å². The van der Waals surface area contributed by atoms with Crippen LogP contribution in [0.1, 0.15) is 30.5 Å². The molecular weight excluding hydrogens is 557 g/mol. The van der Waals surface area contributed by atoms with Gasteiger partial charge >= 0.3 is 0 Å². The Morgan fingerprint density at radius 1 is 0.659 bits per heavy atom. The highest BCUT2D eigenvalue weighted by atomic mass is 31.2. The molecule has 0 saturated heterocycles. The molecule has 0 aliphatic carbocycles. The summed E-state index contributed by atoms with van der Waals surface area (Å²) in [5.74, 6) is 0. The number of aromatic nitrogens is 1. The van der Waals surface area contributed by atoms with Crippen molar-refractivity contribution >= 4 is 40.1 Å². The smallest absolute Gasteiger partial charge is 0.171 e. The molecule has 1 aliphatic heterocycles. The molecule has 0 N–H and O–H groups in total. The lowest BCUT2D eigenvalue weighted by atomic mass is 9.73. The summed E-state index contributed by atoms with van der Waals surface area (Å²) in [7, 11) is -3.20. The van der Waals surface area contributed by atoms with E-state index in [-0.39, 0.29) is 5.41 Å². The second kappa shape index (κ2) is 10.8. The normalized spacial score (nSPS) is 13.4. The maximum absolute atomic E-state index is 15.1. The number of nitriles is 1. The van der Waals surface area contributed by atoms with E-state index in [0.717, 1.165) is 33.2 Å². The third-order valence-electron chi connectivity index (χ3n) is 8.58. The molecule has 4 nitrogen and oxygen atoms in total. The maximum atomic E-state index is 15.1. The first-order valence-corrected chi connectivity index (χ1v) is 16.3. The Balaban J connectivity index is 1.41. The fraction of sp³-hybridized carbons (Fsp3) is 0.0769. The lowest BCUT2D eigenvalue weighted by Crippen LogP contribution is -2.30. The summed E-state index contributed by atoms with van der Waals surface area (Å²) < 4.78 is 15.1. The van der Waals surface area contributed by atoms with E-state index in [2.05, 4.69) is 79.4 Å². The van der Waals surface area contributed by atoms with Crippen molar-refractivity contribution in [2.45, 2.75) is 19.3 Å². The van der Waals surface area contributed by atoms with Crippen LogP contribution in [0.15, 0.2) is 146 Å². The van der Waals surface area contributed by atoms with Crippen LogP contribution in [-0.4, -0.2) is 4.98 Å². The van der Waals surface area contributed by atoms with Crippen LogP contribution in [-0.2, 0) is 9.98 Å². The van der Waals surface area contributed by atoms with Gasteiger partial charge in [0.05, 0.1) is 28.7 Å². The third kappa shape index (κ3) is 4.45. The summed E-state index contributed by atoms with van der Waals surface area (Å²) in [5, 5.41) is 12.4. The summed E-state index contributed by atoms with van der Waals surface area (Å²) >= 11 is 0. The first-order valence-electron chi connectivity index (χ1n) is 14.6. The van der Waals surface area contributed by atoms with Crippen LogP contribution in [0.4, 0.5) is 17.1 Å². The van der Waals surface area contributed by atoms with E-state index in [9.17, 15) is 5.26 Å². The lowest BCUT2D eigenvalue weighted by Gasteiger charge is -2.42. The van der Waals surface area contributed by atoms with Crippen molar-refractivity contribution in [3.63, 3.8) is 0 Å². The minimum Gasteiger partial charge on any atom is -0.310 e. The molecule has 5 aromatic carbocycles. The minimum absolute atomic E-state index is 0.189. The summed E-state index contributed by atoms with van der Waals surface area (Å²) in [5.41, 5.74) is 7.25. The molecule has 0 amide bonds. The number of benzene rings is 5. The quantitative estimate of drug-likeness (QED) is 0.190. The van der Waals surface area contributed by atoms with Gasteiger partial charge in [-0.1, -0.05) is 111 Å². The number of hydrogen-bond acceptors (Lipinski definition) is 4. The lowest BCUT2D eigenvalue weighted by molar-refractivity contribution is 0.592. The SMILES string of the molecule is CC1(C)c2ccccc2N(c2cc(C#N)cc(-c3cc(P(=O)(c4ccccc4)c4ccccc4)ccn3)c2)c2ccccc21. The molecule has 0 unspecified atom stereocenters. The van der Waals surface area contributed by atoms with E-state index in [0.29, 0.717) is 16.6 Å². The van der Waals surface area contributed by atoms with Gasteiger partial charge in [-0.3, -0.25) is 4.98 Å². The van der Waals surface area contributed by atoms with Crippen LogP contribution in [0.25, 0.3) is 11.3 Å². The van der Waals surface area contributed by atoms with E-state index < -0.39 is 7.14 Å². The Morgan fingerprint density at radius 2 is 1.20 bits per heavy atom. The second-order valence-corrected chi connectivity index (χ2v) is 14.3. The Labute approximate surface area is 258 Å². The number of anilines is 3. The van der Waals surface area contributed by atoms with Gasteiger partial charge in [-0.25, -0.2) is 0 Å². The largest absolute Gasteiger partial charge is 0.310 e. The van der Waals surface area contributed by atoms with Crippen LogP contribution < -0.4 is 20.8 Å². The van der Waals surface area contributed by atoms with Gasteiger partial charge in [-0.05, 0) is 53.6 Å². The van der Waals surface area contributed by atoms with Gasteiger partial charge in [0.2, 0.25) is 0 Å². The number of rotatable bonds is 5. The van der Waals surface area contributed by atoms with Gasteiger partial charge in [-0.2, -0.15) is 5.26 Å². The minimum atomic E-state index is -3.20. The molecule has 0 atom stereocenters. The number of para-hydroxylation sites is 2. The van der Waals surface area contributed by atoms with Crippen LogP contribution in [0, 0.1) is 11.3 Å². The second-order valence-electron chi connectivity index (χ2n) is 11.6. The Kier molecular flexibility index (Phi) is 6.77. The van der Waals surface area contributed by atoms with E-state index in [1.807, 2.05) is 84.9 Å². The van der Waals surface area contributed by atoms with Crippen molar-refractivity contribution in [3.8, 4) is 17.3 Å². The molecule has 1 aromatic heterocycles. The summed E-state index contributed by atoms with van der Waals surface area (Å²) in [6.07, 6.45) is 1.72. The molecule has 44 heavy (non-hydrogen) atoms. The van der Waals surface area contributed by atoms with Crippen LogP contribution in [0.3, 0.4) is 0 Å². The van der Waals surface area contributed by atoms with Crippen molar-refractivity contribution < 1.29 is 4.57 Å². The topological polar surface area (TPSA) is 57.0 Å². The van der Waals surface area contributed by atoms with Gasteiger partial charge in [0.25, 0.3) is 0 Å². The van der Waals surface area contributed by atoms with E-state index >= 15 is 4.57 Å². The van der Waals surface area contributed by atoms with Gasteiger partial charge in [0, 0.05) is 38.8 Å². The van der Waals surface area contributed by atoms with Crippen molar-refractivity contribution in [1.82, 2.24) is 4.98 Å². The fourth-order valence-electron chi connectivity index (χ4n) is 6.40. The molecule has 212 valence electrons. The molecule has 7 rings (SSSR count). The zero-order valence-electron chi connectivity index (χ0n) is 24.6. The molecule has 2 heterocycles. The number of nitrogens with zero attached hydrogens (tertiary/aromatic N) is 3. The van der Waals surface area contributed by atoms with Gasteiger partial charge in [0.15, 0.2) is 7.14 Å². The highest BCUT2D eigenvalue weighted by molar-refractivity contribution is 7.85. The molecule has 0 spiro atoms.